The molecule has 0 spiro atoms. The molecule has 0 bridgehead atoms. The first kappa shape index (κ1) is 26.5. The van der Waals surface area contributed by atoms with Gasteiger partial charge in [0.2, 0.25) is 0 Å². The molecule has 1 aliphatic heterocycles. The van der Waals surface area contributed by atoms with Crippen molar-refractivity contribution < 1.29 is 21.8 Å². The zero-order chi connectivity index (χ0) is 27.0. The van der Waals surface area contributed by atoms with Gasteiger partial charge in [-0.25, -0.2) is 17.6 Å². The maximum atomic E-state index is 13.5. The molecular formula is C27H27F4N5OS. The smallest absolute Gasteiger partial charge is 0.293 e. The fourth-order valence-corrected chi connectivity index (χ4v) is 6.03. The van der Waals surface area contributed by atoms with Crippen LogP contribution in [-0.2, 0) is 11.0 Å². The van der Waals surface area contributed by atoms with Crippen LogP contribution in [0.15, 0.2) is 72.0 Å². The van der Waals surface area contributed by atoms with E-state index < -0.39 is 29.1 Å². The quantitative estimate of drug-likeness (QED) is 0.303. The normalized spacial score (nSPS) is 19.1. The molecule has 0 radical (unpaired) electrons. The Bertz CT molecular complexity index is 1440. The molecule has 3 unspecified atom stereocenters. The summed E-state index contributed by atoms with van der Waals surface area (Å²) in [5.74, 6) is -1.85. The summed E-state index contributed by atoms with van der Waals surface area (Å²) in [5.41, 5.74) is 3.24. The summed E-state index contributed by atoms with van der Waals surface area (Å²) < 4.78 is 70.8. The molecule has 3 heterocycles. The monoisotopic (exact) mass is 545 g/mol. The van der Waals surface area contributed by atoms with E-state index in [1.807, 2.05) is 24.0 Å². The molecule has 0 saturated carbocycles. The molecule has 1 aliphatic rings. The number of piperazine rings is 1. The molecule has 1 fully saturated rings. The molecule has 0 amide bonds. The molecule has 11 heteroatoms. The van der Waals surface area contributed by atoms with Crippen LogP contribution >= 0.6 is 0 Å². The van der Waals surface area contributed by atoms with Gasteiger partial charge in [-0.1, -0.05) is 6.92 Å². The van der Waals surface area contributed by atoms with Crippen molar-refractivity contribution in [2.45, 2.75) is 31.0 Å². The molecule has 3 atom stereocenters. The minimum atomic E-state index is -4.31. The summed E-state index contributed by atoms with van der Waals surface area (Å²) in [4.78, 5) is 6.45. The van der Waals surface area contributed by atoms with Gasteiger partial charge in [0.15, 0.2) is 0 Å². The third kappa shape index (κ3) is 5.36. The first-order valence-electron chi connectivity index (χ1n) is 12.2. The second-order valence-electron chi connectivity index (χ2n) is 9.58. The molecule has 2 aromatic carbocycles. The van der Waals surface area contributed by atoms with Gasteiger partial charge in [0, 0.05) is 50.0 Å². The Kier molecular flexibility index (Phi) is 7.34. The number of halogens is 4. The number of rotatable bonds is 6. The highest BCUT2D eigenvalue weighted by atomic mass is 32.2. The van der Waals surface area contributed by atoms with E-state index >= 15 is 0 Å². The van der Waals surface area contributed by atoms with Crippen LogP contribution in [0.4, 0.5) is 17.6 Å². The number of benzene rings is 2. The number of nitrogens with zero attached hydrogens (tertiary/aromatic N) is 5. The van der Waals surface area contributed by atoms with Gasteiger partial charge in [-0.2, -0.15) is 18.3 Å². The predicted octanol–water partition coefficient (Wildman–Crippen LogP) is 5.45. The van der Waals surface area contributed by atoms with Crippen molar-refractivity contribution in [1.29, 1.82) is 0 Å². The highest BCUT2D eigenvalue weighted by molar-refractivity contribution is 7.82. The van der Waals surface area contributed by atoms with Crippen LogP contribution in [0.3, 0.4) is 0 Å². The lowest BCUT2D eigenvalue weighted by atomic mass is 9.95. The van der Waals surface area contributed by atoms with Crippen molar-refractivity contribution in [1.82, 2.24) is 24.0 Å². The van der Waals surface area contributed by atoms with Gasteiger partial charge in [0.1, 0.15) is 16.8 Å². The van der Waals surface area contributed by atoms with Crippen LogP contribution in [0.5, 0.6) is 0 Å². The number of aromatic nitrogens is 3. The van der Waals surface area contributed by atoms with E-state index in [0.717, 1.165) is 22.0 Å². The third-order valence-electron chi connectivity index (χ3n) is 6.98. The Morgan fingerprint density at radius 2 is 1.87 bits per heavy atom. The first-order valence-corrected chi connectivity index (χ1v) is 13.3. The summed E-state index contributed by atoms with van der Waals surface area (Å²) in [5, 5.41) is 5.28. The molecule has 2 aromatic heterocycles. The SMILES string of the molecule is Cc1cc2c(cnn2-c2ccc(F)cc2)cc1C1CN(S(=O)c2cccnc2)CCN1CC(C)C(F)(F)F. The van der Waals surface area contributed by atoms with Crippen LogP contribution in [0.2, 0.25) is 0 Å². The van der Waals surface area contributed by atoms with Crippen molar-refractivity contribution in [3.05, 3.63) is 84.1 Å². The third-order valence-corrected chi connectivity index (χ3v) is 8.42. The van der Waals surface area contributed by atoms with Gasteiger partial charge in [-0.15, -0.1) is 0 Å². The van der Waals surface area contributed by atoms with Crippen molar-refractivity contribution in [3.8, 4) is 5.69 Å². The minimum absolute atomic E-state index is 0.159. The molecule has 4 aromatic rings. The van der Waals surface area contributed by atoms with E-state index in [9.17, 15) is 21.8 Å². The predicted molar refractivity (Wildman–Crippen MR) is 138 cm³/mol. The average molecular weight is 546 g/mol. The van der Waals surface area contributed by atoms with E-state index in [0.29, 0.717) is 30.2 Å². The van der Waals surface area contributed by atoms with Crippen LogP contribution in [0, 0.1) is 18.7 Å². The maximum absolute atomic E-state index is 13.5. The average Bonchev–Trinajstić information content (AvgIpc) is 3.31. The number of fused-ring (bicyclic) bond motifs is 1. The van der Waals surface area contributed by atoms with Gasteiger partial charge in [0.05, 0.1) is 28.2 Å². The van der Waals surface area contributed by atoms with Gasteiger partial charge in [-0.05, 0) is 66.6 Å². The Labute approximate surface area is 220 Å². The second kappa shape index (κ2) is 10.5. The molecule has 5 rings (SSSR count). The zero-order valence-electron chi connectivity index (χ0n) is 20.9. The van der Waals surface area contributed by atoms with Crippen molar-refractivity contribution in [2.24, 2.45) is 5.92 Å². The lowest BCUT2D eigenvalue weighted by Crippen LogP contribution is -2.51. The number of hydrogen-bond donors (Lipinski definition) is 0. The fraction of sp³-hybridized carbons (Fsp3) is 0.333. The Balaban J connectivity index is 1.51. The highest BCUT2D eigenvalue weighted by Gasteiger charge is 2.40. The molecule has 200 valence electrons. The number of pyridine rings is 1. The van der Waals surface area contributed by atoms with Crippen LogP contribution < -0.4 is 0 Å². The second-order valence-corrected chi connectivity index (χ2v) is 11.1. The van der Waals surface area contributed by atoms with Crippen LogP contribution in [-0.4, -0.2) is 60.5 Å². The van der Waals surface area contributed by atoms with E-state index in [2.05, 4.69) is 10.1 Å². The summed E-state index contributed by atoms with van der Waals surface area (Å²) in [6.07, 6.45) is 0.531. The Hall–Kier alpha value is -3.15. The topological polar surface area (TPSA) is 54.3 Å². The molecule has 6 nitrogen and oxygen atoms in total. The molecule has 38 heavy (non-hydrogen) atoms. The van der Waals surface area contributed by atoms with Crippen LogP contribution in [0.25, 0.3) is 16.6 Å². The lowest BCUT2D eigenvalue weighted by molar-refractivity contribution is -0.176. The maximum Gasteiger partial charge on any atom is 0.392 e. The molecule has 0 N–H and O–H groups in total. The van der Waals surface area contributed by atoms with Crippen molar-refractivity contribution in [3.63, 3.8) is 0 Å². The number of hydrogen-bond acceptors (Lipinski definition) is 4. The largest absolute Gasteiger partial charge is 0.392 e. The minimum Gasteiger partial charge on any atom is -0.293 e. The fourth-order valence-electron chi connectivity index (χ4n) is 4.86. The van der Waals surface area contributed by atoms with Crippen molar-refractivity contribution in [2.75, 3.05) is 26.2 Å². The molecular weight excluding hydrogens is 518 g/mol. The number of aryl methyl sites for hydroxylation is 1. The summed E-state index contributed by atoms with van der Waals surface area (Å²) in [6.45, 7) is 3.95. The summed E-state index contributed by atoms with van der Waals surface area (Å²) >= 11 is 0. The van der Waals surface area contributed by atoms with Gasteiger partial charge in [0.25, 0.3) is 0 Å². The first-order chi connectivity index (χ1) is 18.1. The summed E-state index contributed by atoms with van der Waals surface area (Å²) in [6, 6.07) is 12.9. The number of alkyl halides is 3. The van der Waals surface area contributed by atoms with Crippen molar-refractivity contribution >= 4 is 21.9 Å². The van der Waals surface area contributed by atoms with Gasteiger partial charge in [-0.3, -0.25) is 9.88 Å². The Morgan fingerprint density at radius 3 is 2.55 bits per heavy atom. The van der Waals surface area contributed by atoms with E-state index in [1.165, 1.54) is 19.1 Å². The van der Waals surface area contributed by atoms with E-state index in [4.69, 9.17) is 0 Å². The molecule has 1 saturated heterocycles. The summed E-state index contributed by atoms with van der Waals surface area (Å²) in [7, 11) is -1.49. The molecule has 0 aliphatic carbocycles. The zero-order valence-corrected chi connectivity index (χ0v) is 21.7. The van der Waals surface area contributed by atoms with Gasteiger partial charge < -0.3 is 0 Å². The Morgan fingerprint density at radius 1 is 1.11 bits per heavy atom. The lowest BCUT2D eigenvalue weighted by Gasteiger charge is -2.42. The van der Waals surface area contributed by atoms with E-state index in [-0.39, 0.29) is 12.4 Å². The standard InChI is InChI=1S/C27H27F4N5OS/c1-18-12-25-20(14-33-36(25)22-7-5-21(28)6-8-22)13-24(18)26-17-35(38(37)23-4-3-9-32-15-23)11-10-34(26)16-19(2)27(29,30)31/h3-9,12-15,19,26H,10-11,16-17H2,1-2H3. The van der Waals surface area contributed by atoms with E-state index in [1.54, 1.807) is 51.8 Å². The van der Waals surface area contributed by atoms with Gasteiger partial charge >= 0.3 is 6.18 Å². The van der Waals surface area contributed by atoms with Crippen LogP contribution in [0.1, 0.15) is 24.1 Å². The highest BCUT2D eigenvalue weighted by Crippen LogP contribution is 2.35.